The summed E-state index contributed by atoms with van der Waals surface area (Å²) < 4.78 is 3.00. The fraction of sp³-hybridized carbons (Fsp3) is 0.286. The predicted molar refractivity (Wildman–Crippen MR) is 79.8 cm³/mol. The lowest BCUT2D eigenvalue weighted by Gasteiger charge is -2.03. The molecule has 94 valence electrons. The van der Waals surface area contributed by atoms with Gasteiger partial charge in [0.25, 0.3) is 0 Å². The van der Waals surface area contributed by atoms with Crippen LogP contribution in [0, 0.1) is 3.57 Å². The number of rotatable bonds is 4. The fourth-order valence-corrected chi connectivity index (χ4v) is 2.02. The Morgan fingerprint density at radius 3 is 2.50 bits per heavy atom. The summed E-state index contributed by atoms with van der Waals surface area (Å²) in [5.74, 6) is 0.111. The van der Waals surface area contributed by atoms with E-state index in [0.29, 0.717) is 12.5 Å². The molecular weight excluding hydrogens is 339 g/mol. The predicted octanol–water partition coefficient (Wildman–Crippen LogP) is 3.49. The van der Waals surface area contributed by atoms with E-state index in [1.54, 1.807) is 0 Å². The zero-order chi connectivity index (χ0) is 13.1. The molecule has 18 heavy (non-hydrogen) atoms. The van der Waals surface area contributed by atoms with Crippen LogP contribution in [0.5, 0.6) is 0 Å². The Bertz CT molecular complexity index is 543. The van der Waals surface area contributed by atoms with Crippen molar-refractivity contribution in [2.45, 2.75) is 26.3 Å². The molecule has 0 saturated heterocycles. The number of Topliss-reactive ketones (excluding diaryl/α,β-unsaturated/α-hetero) is 1. The van der Waals surface area contributed by atoms with Crippen LogP contribution in [0.3, 0.4) is 0 Å². The van der Waals surface area contributed by atoms with E-state index >= 15 is 0 Å². The number of ketones is 1. The summed E-state index contributed by atoms with van der Waals surface area (Å²) in [6.45, 7) is 4.13. The molecule has 0 aliphatic carbocycles. The number of halogens is 1. The zero-order valence-corrected chi connectivity index (χ0v) is 12.6. The average Bonchev–Trinajstić information content (AvgIpc) is 2.78. The van der Waals surface area contributed by atoms with Crippen molar-refractivity contribution in [3.8, 4) is 0 Å². The summed E-state index contributed by atoms with van der Waals surface area (Å²) in [4.78, 5) is 12.1. The number of carbonyl (C=O) groups excluding carboxylic acids is 1. The molecule has 3 nitrogen and oxygen atoms in total. The van der Waals surface area contributed by atoms with Crippen LogP contribution in [0.2, 0.25) is 0 Å². The van der Waals surface area contributed by atoms with Crippen LogP contribution in [-0.2, 0) is 6.42 Å². The molecule has 0 amide bonds. The zero-order valence-electron chi connectivity index (χ0n) is 10.4. The molecule has 2 rings (SSSR count). The quantitative estimate of drug-likeness (QED) is 0.622. The van der Waals surface area contributed by atoms with E-state index in [9.17, 15) is 4.79 Å². The molecule has 0 spiro atoms. The summed E-state index contributed by atoms with van der Waals surface area (Å²) in [5.41, 5.74) is 1.57. The summed E-state index contributed by atoms with van der Waals surface area (Å²) >= 11 is 2.23. The first-order chi connectivity index (χ1) is 8.56. The summed E-state index contributed by atoms with van der Waals surface area (Å²) in [6, 6.07) is 9.85. The van der Waals surface area contributed by atoms with Gasteiger partial charge in [-0.15, -0.1) is 0 Å². The fourth-order valence-electron chi connectivity index (χ4n) is 1.66. The minimum atomic E-state index is 0.111. The highest BCUT2D eigenvalue weighted by Crippen LogP contribution is 2.11. The molecule has 0 atom stereocenters. The van der Waals surface area contributed by atoms with E-state index in [4.69, 9.17) is 0 Å². The van der Waals surface area contributed by atoms with Crippen molar-refractivity contribution in [3.05, 3.63) is 51.4 Å². The molecule has 1 heterocycles. The van der Waals surface area contributed by atoms with Gasteiger partial charge in [-0.05, 0) is 54.6 Å². The van der Waals surface area contributed by atoms with Crippen LogP contribution < -0.4 is 0 Å². The van der Waals surface area contributed by atoms with Crippen LogP contribution in [0.1, 0.15) is 35.9 Å². The van der Waals surface area contributed by atoms with Gasteiger partial charge in [0.15, 0.2) is 5.78 Å². The first kappa shape index (κ1) is 13.3. The van der Waals surface area contributed by atoms with Crippen molar-refractivity contribution in [2.24, 2.45) is 0 Å². The van der Waals surface area contributed by atoms with E-state index in [-0.39, 0.29) is 5.78 Å². The second-order valence-electron chi connectivity index (χ2n) is 4.49. The second kappa shape index (κ2) is 5.65. The lowest BCUT2D eigenvalue weighted by atomic mass is 10.1. The molecule has 0 aliphatic rings. The van der Waals surface area contributed by atoms with Crippen LogP contribution in [0.4, 0.5) is 0 Å². The lowest BCUT2D eigenvalue weighted by Crippen LogP contribution is -2.06. The maximum atomic E-state index is 12.1. The van der Waals surface area contributed by atoms with Gasteiger partial charge in [0.1, 0.15) is 0 Å². The lowest BCUT2D eigenvalue weighted by molar-refractivity contribution is 0.0991. The van der Waals surface area contributed by atoms with E-state index in [1.807, 2.05) is 41.2 Å². The summed E-state index contributed by atoms with van der Waals surface area (Å²) in [5, 5.41) is 4.39. The van der Waals surface area contributed by atoms with Gasteiger partial charge in [-0.1, -0.05) is 12.1 Å². The van der Waals surface area contributed by atoms with Gasteiger partial charge >= 0.3 is 0 Å². The SMILES string of the molecule is CC(C)n1ccc(CC(=O)c2ccc(I)cc2)n1. The number of aromatic nitrogens is 2. The molecule has 0 saturated carbocycles. The Kier molecular flexibility index (Phi) is 4.16. The first-order valence-electron chi connectivity index (χ1n) is 5.89. The Hall–Kier alpha value is -1.17. The number of hydrogen-bond acceptors (Lipinski definition) is 2. The normalized spacial score (nSPS) is 10.9. The molecule has 0 N–H and O–H groups in total. The highest BCUT2D eigenvalue weighted by molar-refractivity contribution is 14.1. The third kappa shape index (κ3) is 3.19. The van der Waals surface area contributed by atoms with Crippen molar-refractivity contribution < 1.29 is 4.79 Å². The Labute approximate surface area is 120 Å². The van der Waals surface area contributed by atoms with Crippen LogP contribution >= 0.6 is 22.6 Å². The molecule has 0 unspecified atom stereocenters. The smallest absolute Gasteiger partial charge is 0.168 e. The largest absolute Gasteiger partial charge is 0.294 e. The molecule has 0 aliphatic heterocycles. The van der Waals surface area contributed by atoms with Gasteiger partial charge in [0.2, 0.25) is 0 Å². The van der Waals surface area contributed by atoms with E-state index < -0.39 is 0 Å². The summed E-state index contributed by atoms with van der Waals surface area (Å²) in [6.07, 6.45) is 2.28. The Balaban J connectivity index is 2.08. The van der Waals surface area contributed by atoms with Gasteiger partial charge in [-0.3, -0.25) is 9.48 Å². The highest BCUT2D eigenvalue weighted by atomic mass is 127. The van der Waals surface area contributed by atoms with Crippen molar-refractivity contribution >= 4 is 28.4 Å². The number of carbonyl (C=O) groups is 1. The van der Waals surface area contributed by atoms with Crippen molar-refractivity contribution in [2.75, 3.05) is 0 Å². The van der Waals surface area contributed by atoms with E-state index in [0.717, 1.165) is 14.8 Å². The molecule has 0 fully saturated rings. The van der Waals surface area contributed by atoms with Crippen LogP contribution in [0.25, 0.3) is 0 Å². The highest BCUT2D eigenvalue weighted by Gasteiger charge is 2.09. The molecular formula is C14H15IN2O. The minimum Gasteiger partial charge on any atom is -0.294 e. The van der Waals surface area contributed by atoms with Crippen molar-refractivity contribution in [1.29, 1.82) is 0 Å². The number of benzene rings is 1. The van der Waals surface area contributed by atoms with Gasteiger partial charge in [-0.25, -0.2) is 0 Å². The third-order valence-corrected chi connectivity index (χ3v) is 3.42. The molecule has 2 aromatic rings. The second-order valence-corrected chi connectivity index (χ2v) is 5.73. The van der Waals surface area contributed by atoms with E-state index in [1.165, 1.54) is 0 Å². The summed E-state index contributed by atoms with van der Waals surface area (Å²) in [7, 11) is 0. The monoisotopic (exact) mass is 354 g/mol. The molecule has 1 aromatic carbocycles. The molecule has 4 heteroatoms. The maximum Gasteiger partial charge on any atom is 0.168 e. The first-order valence-corrected chi connectivity index (χ1v) is 6.97. The Morgan fingerprint density at radius 1 is 1.28 bits per heavy atom. The van der Waals surface area contributed by atoms with Gasteiger partial charge in [0, 0.05) is 21.4 Å². The number of hydrogen-bond donors (Lipinski definition) is 0. The standard InChI is InChI=1S/C14H15IN2O/c1-10(2)17-8-7-13(16-17)9-14(18)11-3-5-12(15)6-4-11/h3-8,10H,9H2,1-2H3. The molecule has 1 aromatic heterocycles. The minimum absolute atomic E-state index is 0.111. The van der Waals surface area contributed by atoms with Gasteiger partial charge in [-0.2, -0.15) is 5.10 Å². The van der Waals surface area contributed by atoms with Crippen LogP contribution in [0.15, 0.2) is 36.5 Å². The molecule has 0 radical (unpaired) electrons. The van der Waals surface area contributed by atoms with Crippen molar-refractivity contribution in [1.82, 2.24) is 9.78 Å². The third-order valence-electron chi connectivity index (χ3n) is 2.70. The molecule has 0 bridgehead atoms. The topological polar surface area (TPSA) is 34.9 Å². The maximum absolute atomic E-state index is 12.1. The van der Waals surface area contributed by atoms with E-state index in [2.05, 4.69) is 41.5 Å². The van der Waals surface area contributed by atoms with Crippen molar-refractivity contribution in [3.63, 3.8) is 0 Å². The number of nitrogens with zero attached hydrogens (tertiary/aromatic N) is 2. The Morgan fingerprint density at radius 2 is 1.94 bits per heavy atom. The van der Waals surface area contributed by atoms with Gasteiger partial charge in [0.05, 0.1) is 12.1 Å². The van der Waals surface area contributed by atoms with Gasteiger partial charge < -0.3 is 0 Å². The average molecular weight is 354 g/mol. The van der Waals surface area contributed by atoms with Crippen LogP contribution in [-0.4, -0.2) is 15.6 Å².